The Hall–Kier alpha value is -7.18. The highest BCUT2D eigenvalue weighted by Gasteiger charge is 2.58. The van der Waals surface area contributed by atoms with Gasteiger partial charge in [-0.15, -0.1) is 0 Å². The number of hydrogen-bond acceptors (Lipinski definition) is 13. The van der Waals surface area contributed by atoms with Gasteiger partial charge in [0.05, 0.1) is 68.1 Å². The number of nitrogens with one attached hydrogen (secondary N) is 2. The predicted octanol–water partition coefficient (Wildman–Crippen LogP) is 6.52. The maximum Gasteiger partial charge on any atom is 0.416 e. The van der Waals surface area contributed by atoms with Crippen LogP contribution < -0.4 is 45.1 Å². The number of hydrogen-bond donors (Lipinski definition) is 4. The standard InChI is InChI=1S/C53H61N7O11/c1-30(2)46(54)48(62)56-31(3)47(61)57-34-15-13-32(14-16-34)28-71-52(66)60-40-25-45(43(68-5)23-37(40)49(63)58-29-53(17-18-53)26-41(58)51(60)65)70-20-10-6-9-19-69-44-24-38-36(22-42(44)67-4)50(64)59-35(27-55-38)21-33-11-7-8-12-39(33)59/h7-8,11-16,22-25,27,30-31,35,41,46,51,65H,6,9-10,17-21,26,28-29,54H2,1-5H3,(H,56,62)(H,57,61)/t31-,35-,41-,46-,51?/m0/s1. The van der Waals surface area contributed by atoms with E-state index in [4.69, 9.17) is 34.4 Å². The number of aliphatic imine (C=N–C) groups is 1. The van der Waals surface area contributed by atoms with Crippen molar-refractivity contribution in [3.63, 3.8) is 0 Å². The Morgan fingerprint density at radius 2 is 1.51 bits per heavy atom. The highest BCUT2D eigenvalue weighted by molar-refractivity contribution is 6.15. The van der Waals surface area contributed by atoms with E-state index in [-0.39, 0.29) is 59.4 Å². The number of para-hydroxylation sites is 1. The number of ether oxygens (including phenoxy) is 5. The molecule has 18 nitrogen and oxygen atoms in total. The van der Waals surface area contributed by atoms with Gasteiger partial charge in [0.15, 0.2) is 29.2 Å². The van der Waals surface area contributed by atoms with Gasteiger partial charge >= 0.3 is 6.09 Å². The molecular weight excluding hydrogens is 911 g/mol. The fourth-order valence-corrected chi connectivity index (χ4v) is 9.75. The molecule has 18 heteroatoms. The van der Waals surface area contributed by atoms with Crippen LogP contribution in [0.5, 0.6) is 23.0 Å². The lowest BCUT2D eigenvalue weighted by Crippen LogP contribution is -2.50. The van der Waals surface area contributed by atoms with Crippen molar-refractivity contribution in [2.75, 3.05) is 49.1 Å². The Morgan fingerprint density at radius 1 is 0.831 bits per heavy atom. The van der Waals surface area contributed by atoms with E-state index in [9.17, 15) is 29.1 Å². The Kier molecular flexibility index (Phi) is 13.9. The molecule has 1 aliphatic carbocycles. The summed E-state index contributed by atoms with van der Waals surface area (Å²) in [5.41, 5.74) is 10.2. The maximum atomic E-state index is 14.3. The van der Waals surface area contributed by atoms with Gasteiger partial charge in [-0.25, -0.2) is 9.69 Å². The molecule has 1 spiro atoms. The Morgan fingerprint density at radius 3 is 2.18 bits per heavy atom. The van der Waals surface area contributed by atoms with Crippen molar-refractivity contribution in [3.8, 4) is 23.0 Å². The lowest BCUT2D eigenvalue weighted by Gasteiger charge is -2.31. The lowest BCUT2D eigenvalue weighted by molar-refractivity contribution is -0.127. The molecule has 4 aromatic rings. The van der Waals surface area contributed by atoms with Crippen LogP contribution in [-0.2, 0) is 27.4 Å². The molecule has 374 valence electrons. The van der Waals surface area contributed by atoms with E-state index in [1.807, 2.05) is 44.3 Å². The molecule has 9 rings (SSSR count). The average Bonchev–Trinajstić information content (AvgIpc) is 3.92. The van der Waals surface area contributed by atoms with Crippen molar-refractivity contribution in [1.29, 1.82) is 0 Å². The molecule has 1 saturated heterocycles. The highest BCUT2D eigenvalue weighted by Crippen LogP contribution is 2.57. The third-order valence-corrected chi connectivity index (χ3v) is 14.1. The van der Waals surface area contributed by atoms with Crippen molar-refractivity contribution in [2.24, 2.45) is 22.1 Å². The second kappa shape index (κ2) is 20.3. The van der Waals surface area contributed by atoms with E-state index >= 15 is 0 Å². The van der Waals surface area contributed by atoms with Gasteiger partial charge in [-0.05, 0) is 98.2 Å². The molecule has 4 heterocycles. The number of methoxy groups -OCH3 is 2. The van der Waals surface area contributed by atoms with Crippen LogP contribution in [-0.4, -0.2) is 110 Å². The zero-order valence-corrected chi connectivity index (χ0v) is 40.6. The van der Waals surface area contributed by atoms with Gasteiger partial charge in [0.2, 0.25) is 11.8 Å². The van der Waals surface area contributed by atoms with Crippen LogP contribution >= 0.6 is 0 Å². The summed E-state index contributed by atoms with van der Waals surface area (Å²) < 4.78 is 29.6. The summed E-state index contributed by atoms with van der Waals surface area (Å²) in [4.78, 5) is 76.8. The first-order valence-corrected chi connectivity index (χ1v) is 24.2. The third-order valence-electron chi connectivity index (χ3n) is 14.1. The molecule has 1 saturated carbocycles. The summed E-state index contributed by atoms with van der Waals surface area (Å²) >= 11 is 0. The molecule has 0 radical (unpaired) electrons. The summed E-state index contributed by atoms with van der Waals surface area (Å²) in [5.74, 6) is 0.0932. The van der Waals surface area contributed by atoms with Crippen LogP contribution in [0.3, 0.4) is 0 Å². The van der Waals surface area contributed by atoms with Gasteiger partial charge in [0, 0.05) is 42.7 Å². The van der Waals surface area contributed by atoms with Crippen LogP contribution in [0.2, 0.25) is 0 Å². The smallest absolute Gasteiger partial charge is 0.416 e. The minimum atomic E-state index is -1.41. The molecule has 5 amide bonds. The summed E-state index contributed by atoms with van der Waals surface area (Å²) in [6.07, 6.45) is 4.67. The summed E-state index contributed by atoms with van der Waals surface area (Å²) in [6.45, 7) is 6.14. The molecule has 0 aromatic heterocycles. The highest BCUT2D eigenvalue weighted by atomic mass is 16.6. The summed E-state index contributed by atoms with van der Waals surface area (Å²) in [5, 5.41) is 17.4. The van der Waals surface area contributed by atoms with E-state index < -0.39 is 42.3 Å². The van der Waals surface area contributed by atoms with E-state index in [2.05, 4.69) is 10.6 Å². The fourth-order valence-electron chi connectivity index (χ4n) is 9.75. The minimum Gasteiger partial charge on any atom is -0.493 e. The number of carbonyl (C=O) groups is 5. The quantitative estimate of drug-likeness (QED) is 0.0831. The van der Waals surface area contributed by atoms with Crippen molar-refractivity contribution in [2.45, 2.75) is 103 Å². The minimum absolute atomic E-state index is 0.0825. The van der Waals surface area contributed by atoms with Crippen LogP contribution in [0, 0.1) is 11.3 Å². The third kappa shape index (κ3) is 9.95. The van der Waals surface area contributed by atoms with Gasteiger partial charge in [-0.2, -0.15) is 0 Å². The number of rotatable bonds is 17. The average molecular weight is 972 g/mol. The number of unbranched alkanes of at least 4 members (excludes halogenated alkanes) is 2. The molecule has 1 unspecified atom stereocenters. The van der Waals surface area contributed by atoms with E-state index in [1.165, 1.54) is 14.2 Å². The van der Waals surface area contributed by atoms with E-state index in [1.54, 1.807) is 65.3 Å². The number of benzene rings is 4. The van der Waals surface area contributed by atoms with Gasteiger partial charge in [-0.3, -0.25) is 29.1 Å². The summed E-state index contributed by atoms with van der Waals surface area (Å²) in [7, 11) is 3.02. The summed E-state index contributed by atoms with van der Waals surface area (Å²) in [6, 6.07) is 18.7. The number of aliphatic hydroxyl groups excluding tert-OH is 1. The van der Waals surface area contributed by atoms with Crippen LogP contribution in [0.4, 0.5) is 27.5 Å². The van der Waals surface area contributed by atoms with Gasteiger partial charge in [-0.1, -0.05) is 44.2 Å². The molecule has 71 heavy (non-hydrogen) atoms. The van der Waals surface area contributed by atoms with E-state index in [0.29, 0.717) is 78.6 Å². The fraction of sp³-hybridized carbons (Fsp3) is 0.434. The molecule has 5 N–H and O–H groups in total. The largest absolute Gasteiger partial charge is 0.493 e. The number of amides is 5. The number of anilines is 3. The number of nitrogens with two attached hydrogens (primary N) is 1. The second-order valence-corrected chi connectivity index (χ2v) is 19.4. The SMILES string of the molecule is COc1cc2c(cc1OCCCCCOc1cc3c(cc1OC)C(=O)N1CC4(CC4)C[C@H]1C(O)N3C(=O)OCc1ccc(NC(=O)[C@H](C)NC(=O)[C@@H](N)C(C)C)cc1)N=C[C@@H]1Cc3ccccc3N1C2=O. The van der Waals surface area contributed by atoms with Crippen molar-refractivity contribution < 1.29 is 52.8 Å². The maximum absolute atomic E-state index is 14.3. The number of nitrogens with zero attached hydrogens (tertiary/aromatic N) is 4. The van der Waals surface area contributed by atoms with Crippen LogP contribution in [0.25, 0.3) is 0 Å². The molecule has 0 bridgehead atoms. The molecule has 4 aliphatic heterocycles. The van der Waals surface area contributed by atoms with E-state index in [0.717, 1.165) is 35.4 Å². The molecule has 2 fully saturated rings. The van der Waals surface area contributed by atoms with Crippen molar-refractivity contribution in [1.82, 2.24) is 10.2 Å². The monoisotopic (exact) mass is 971 g/mol. The first-order chi connectivity index (χ1) is 34.2. The first kappa shape index (κ1) is 48.8. The molecule has 4 aromatic carbocycles. The van der Waals surface area contributed by atoms with Gasteiger partial charge in [0.1, 0.15) is 12.6 Å². The second-order valence-electron chi connectivity index (χ2n) is 19.4. The van der Waals surface area contributed by atoms with Crippen molar-refractivity contribution >= 4 is 58.7 Å². The normalized spacial score (nSPS) is 19.9. The Balaban J connectivity index is 0.827. The topological polar surface area (TPSA) is 224 Å². The van der Waals surface area contributed by atoms with Gasteiger partial charge < -0.3 is 50.1 Å². The zero-order valence-electron chi connectivity index (χ0n) is 40.6. The van der Waals surface area contributed by atoms with Crippen molar-refractivity contribution in [3.05, 3.63) is 95.1 Å². The van der Waals surface area contributed by atoms with Gasteiger partial charge in [0.25, 0.3) is 11.8 Å². The lowest BCUT2D eigenvalue weighted by atomic mass is 10.0. The number of fused-ring (bicyclic) bond motifs is 6. The first-order valence-electron chi connectivity index (χ1n) is 24.2. The Bertz CT molecular complexity index is 2740. The molecule has 5 atom stereocenters. The Labute approximate surface area is 412 Å². The zero-order chi connectivity index (χ0) is 50.1. The van der Waals surface area contributed by atoms with Crippen LogP contribution in [0.1, 0.15) is 91.1 Å². The molecular formula is C53H61N7O11. The molecule has 5 aliphatic rings. The number of carbonyl (C=O) groups excluding carboxylic acids is 5. The number of aliphatic hydroxyl groups is 1. The predicted molar refractivity (Wildman–Crippen MR) is 265 cm³/mol. The van der Waals surface area contributed by atoms with Crippen LogP contribution in [0.15, 0.2) is 77.8 Å².